The largest absolute Gasteiger partial charge is 0.324 e. The molecule has 0 unspecified atom stereocenters. The first-order valence-electron chi connectivity index (χ1n) is 10.4. The van der Waals surface area contributed by atoms with Crippen LogP contribution < -0.4 is 10.2 Å². The van der Waals surface area contributed by atoms with Crippen molar-refractivity contribution in [2.75, 3.05) is 16.8 Å². The molecule has 2 aromatic rings. The first-order chi connectivity index (χ1) is 14.9. The molecule has 0 bridgehead atoms. The zero-order valence-corrected chi connectivity index (χ0v) is 18.2. The first kappa shape index (κ1) is 19.3. The van der Waals surface area contributed by atoms with E-state index < -0.39 is 17.4 Å². The summed E-state index contributed by atoms with van der Waals surface area (Å²) in [5.74, 6) is -2.19. The average Bonchev–Trinajstić information content (AvgIpc) is 3.42. The number of nitrogens with zero attached hydrogens (tertiary/aromatic N) is 2. The van der Waals surface area contributed by atoms with E-state index in [1.165, 1.54) is 4.90 Å². The molecule has 8 heteroatoms. The number of amides is 3. The zero-order valence-electron chi connectivity index (χ0n) is 16.7. The second kappa shape index (κ2) is 6.31. The van der Waals surface area contributed by atoms with Crippen molar-refractivity contribution in [2.24, 2.45) is 11.8 Å². The van der Waals surface area contributed by atoms with Crippen molar-refractivity contribution in [3.63, 3.8) is 0 Å². The zero-order chi connectivity index (χ0) is 21.7. The lowest BCUT2D eigenvalue weighted by Crippen LogP contribution is -2.54. The molecular formula is C23H19Cl2N3O3. The van der Waals surface area contributed by atoms with Crippen LogP contribution in [0.3, 0.4) is 0 Å². The minimum atomic E-state index is -1.22. The fraction of sp³-hybridized carbons (Fsp3) is 0.348. The van der Waals surface area contributed by atoms with Gasteiger partial charge in [0.2, 0.25) is 17.7 Å². The number of hydrogen-bond acceptors (Lipinski definition) is 4. The molecule has 4 aliphatic heterocycles. The predicted molar refractivity (Wildman–Crippen MR) is 117 cm³/mol. The van der Waals surface area contributed by atoms with Crippen molar-refractivity contribution >= 4 is 52.3 Å². The van der Waals surface area contributed by atoms with Gasteiger partial charge >= 0.3 is 0 Å². The number of fused-ring (bicyclic) bond motifs is 7. The van der Waals surface area contributed by atoms with E-state index in [0.29, 0.717) is 33.5 Å². The summed E-state index contributed by atoms with van der Waals surface area (Å²) in [6.45, 7) is 2.55. The Hall–Kier alpha value is -2.41. The number of halogens is 2. The highest BCUT2D eigenvalue weighted by Gasteiger charge is 2.74. The van der Waals surface area contributed by atoms with E-state index in [-0.39, 0.29) is 23.8 Å². The van der Waals surface area contributed by atoms with Crippen molar-refractivity contribution in [3.8, 4) is 0 Å². The van der Waals surface area contributed by atoms with Crippen molar-refractivity contribution in [3.05, 3.63) is 57.6 Å². The standard InChI is InChI=1S/C23H19Cl2N3O3/c1-11-9-13(25)10-15-19(11)26-22(31)23(15)18-17(16-3-2-8-27(16)23)20(29)28(21(18)30)14-6-4-12(24)5-7-14/h4-7,9-10,16-18H,2-3,8H2,1H3,(H,26,31)/t16-,17+,18+,23+/m1/s1. The van der Waals surface area contributed by atoms with Crippen LogP contribution in [-0.4, -0.2) is 35.2 Å². The summed E-state index contributed by atoms with van der Waals surface area (Å²) in [6.07, 6.45) is 1.65. The van der Waals surface area contributed by atoms with Crippen LogP contribution in [-0.2, 0) is 19.9 Å². The molecule has 2 aromatic carbocycles. The Morgan fingerprint density at radius 2 is 1.77 bits per heavy atom. The smallest absolute Gasteiger partial charge is 0.250 e. The maximum atomic E-state index is 13.8. The third-order valence-corrected chi connectivity index (χ3v) is 7.82. The maximum Gasteiger partial charge on any atom is 0.250 e. The van der Waals surface area contributed by atoms with Gasteiger partial charge in [0.15, 0.2) is 0 Å². The lowest BCUT2D eigenvalue weighted by molar-refractivity contribution is -0.135. The third-order valence-electron chi connectivity index (χ3n) is 7.35. The molecule has 4 aliphatic rings. The Bertz CT molecular complexity index is 1180. The second-order valence-electron chi connectivity index (χ2n) is 8.76. The summed E-state index contributed by atoms with van der Waals surface area (Å²) in [4.78, 5) is 44.4. The van der Waals surface area contributed by atoms with Gasteiger partial charge in [-0.1, -0.05) is 23.2 Å². The summed E-state index contributed by atoms with van der Waals surface area (Å²) in [7, 11) is 0. The van der Waals surface area contributed by atoms with Crippen LogP contribution >= 0.6 is 23.2 Å². The summed E-state index contributed by atoms with van der Waals surface area (Å²) in [5.41, 5.74) is 1.52. The molecule has 1 spiro atoms. The molecule has 4 heterocycles. The van der Waals surface area contributed by atoms with Gasteiger partial charge in [0, 0.05) is 27.3 Å². The molecule has 0 saturated carbocycles. The van der Waals surface area contributed by atoms with E-state index >= 15 is 0 Å². The number of anilines is 2. The van der Waals surface area contributed by atoms with Gasteiger partial charge in [0.05, 0.1) is 17.5 Å². The summed E-state index contributed by atoms with van der Waals surface area (Å²) >= 11 is 12.4. The Balaban J connectivity index is 1.57. The van der Waals surface area contributed by atoms with Crippen molar-refractivity contribution < 1.29 is 14.4 Å². The molecule has 6 rings (SSSR count). The van der Waals surface area contributed by atoms with Crippen LogP contribution in [0.2, 0.25) is 10.0 Å². The molecule has 3 saturated heterocycles. The van der Waals surface area contributed by atoms with Crippen molar-refractivity contribution in [1.29, 1.82) is 0 Å². The highest BCUT2D eigenvalue weighted by Crippen LogP contribution is 2.61. The van der Waals surface area contributed by atoms with E-state index in [0.717, 1.165) is 18.4 Å². The first-order valence-corrected chi connectivity index (χ1v) is 11.1. The van der Waals surface area contributed by atoms with Crippen LogP contribution in [0.4, 0.5) is 11.4 Å². The molecule has 3 amide bonds. The van der Waals surface area contributed by atoms with E-state index in [2.05, 4.69) is 10.2 Å². The number of benzene rings is 2. The molecule has 31 heavy (non-hydrogen) atoms. The number of carbonyl (C=O) groups is 3. The van der Waals surface area contributed by atoms with Crippen molar-refractivity contribution in [2.45, 2.75) is 31.3 Å². The van der Waals surface area contributed by atoms with E-state index in [1.807, 2.05) is 6.92 Å². The summed E-state index contributed by atoms with van der Waals surface area (Å²) < 4.78 is 0. The Labute approximate surface area is 189 Å². The minimum Gasteiger partial charge on any atom is -0.324 e. The number of nitrogens with one attached hydrogen (secondary N) is 1. The highest BCUT2D eigenvalue weighted by atomic mass is 35.5. The molecule has 4 atom stereocenters. The van der Waals surface area contributed by atoms with Crippen molar-refractivity contribution in [1.82, 2.24) is 4.90 Å². The van der Waals surface area contributed by atoms with Gasteiger partial charge in [-0.3, -0.25) is 19.3 Å². The Morgan fingerprint density at radius 3 is 2.52 bits per heavy atom. The maximum absolute atomic E-state index is 13.8. The lowest BCUT2D eigenvalue weighted by Gasteiger charge is -2.36. The van der Waals surface area contributed by atoms with E-state index in [1.54, 1.807) is 36.4 Å². The fourth-order valence-electron chi connectivity index (χ4n) is 6.28. The molecule has 158 valence electrons. The molecule has 0 aliphatic carbocycles. The SMILES string of the molecule is Cc1cc(Cl)cc2c1NC(=O)[C@@]21[C@@H]2C(=O)N(c3ccc(Cl)cc3)C(=O)[C@H]2[C@H]2CCCN21. The minimum absolute atomic E-state index is 0.158. The van der Waals surface area contributed by atoms with Crippen LogP contribution in [0.5, 0.6) is 0 Å². The molecule has 3 fully saturated rings. The van der Waals surface area contributed by atoms with E-state index in [9.17, 15) is 14.4 Å². The molecule has 0 aromatic heterocycles. The molecule has 0 radical (unpaired) electrons. The van der Waals surface area contributed by atoms with E-state index in [4.69, 9.17) is 23.2 Å². The van der Waals surface area contributed by atoms with Crippen LogP contribution in [0.1, 0.15) is 24.0 Å². The number of carbonyl (C=O) groups excluding carboxylic acids is 3. The van der Waals surface area contributed by atoms with Gasteiger partial charge in [-0.2, -0.15) is 0 Å². The quantitative estimate of drug-likeness (QED) is 0.665. The Kier molecular flexibility index (Phi) is 3.93. The topological polar surface area (TPSA) is 69.7 Å². The number of imide groups is 1. The predicted octanol–water partition coefficient (Wildman–Crippen LogP) is 3.73. The second-order valence-corrected chi connectivity index (χ2v) is 9.63. The average molecular weight is 456 g/mol. The normalized spacial score (nSPS) is 31.4. The number of hydrogen-bond donors (Lipinski definition) is 1. The monoisotopic (exact) mass is 455 g/mol. The fourth-order valence-corrected chi connectivity index (χ4v) is 6.68. The number of aryl methyl sites for hydroxylation is 1. The van der Waals surface area contributed by atoms with Crippen LogP contribution in [0.25, 0.3) is 0 Å². The van der Waals surface area contributed by atoms with Crippen LogP contribution in [0.15, 0.2) is 36.4 Å². The molecule has 1 N–H and O–H groups in total. The molecular weight excluding hydrogens is 437 g/mol. The highest BCUT2D eigenvalue weighted by molar-refractivity contribution is 6.32. The molecule has 6 nitrogen and oxygen atoms in total. The summed E-state index contributed by atoms with van der Waals surface area (Å²) in [6, 6.07) is 10.1. The van der Waals surface area contributed by atoms with Gasteiger partial charge in [-0.15, -0.1) is 0 Å². The van der Waals surface area contributed by atoms with Gasteiger partial charge in [-0.05, 0) is 68.3 Å². The van der Waals surface area contributed by atoms with Gasteiger partial charge in [-0.25, -0.2) is 4.90 Å². The van der Waals surface area contributed by atoms with Gasteiger partial charge < -0.3 is 5.32 Å². The summed E-state index contributed by atoms with van der Waals surface area (Å²) in [5, 5.41) is 4.05. The lowest BCUT2D eigenvalue weighted by atomic mass is 9.75. The Morgan fingerprint density at radius 1 is 1.03 bits per heavy atom. The number of rotatable bonds is 1. The van der Waals surface area contributed by atoms with Crippen LogP contribution in [0, 0.1) is 18.8 Å². The van der Waals surface area contributed by atoms with Gasteiger partial charge in [0.25, 0.3) is 0 Å². The third kappa shape index (κ3) is 2.25. The van der Waals surface area contributed by atoms with Gasteiger partial charge in [0.1, 0.15) is 5.54 Å².